The Morgan fingerprint density at radius 3 is 2.29 bits per heavy atom. The van der Waals surface area contributed by atoms with E-state index in [-0.39, 0.29) is 11.9 Å². The highest BCUT2D eigenvalue weighted by Crippen LogP contribution is 2.31. The number of rotatable bonds is 4. The number of ether oxygens (including phenoxy) is 1. The topological polar surface area (TPSA) is 52.3 Å². The summed E-state index contributed by atoms with van der Waals surface area (Å²) in [6.45, 7) is 7.76. The Kier molecular flexibility index (Phi) is 4.32. The Labute approximate surface area is 125 Å². The molecule has 3 nitrogen and oxygen atoms in total. The number of aryl methyl sites for hydroxylation is 2. The summed E-state index contributed by atoms with van der Waals surface area (Å²) in [5.41, 5.74) is 9.38. The van der Waals surface area contributed by atoms with Gasteiger partial charge in [-0.05, 0) is 51.0 Å². The minimum Gasteiger partial charge on any atom is -0.490 e. The van der Waals surface area contributed by atoms with Crippen LogP contribution in [0.3, 0.4) is 0 Å². The van der Waals surface area contributed by atoms with Crippen LogP contribution < -0.4 is 10.5 Å². The van der Waals surface area contributed by atoms with Gasteiger partial charge in [0.25, 0.3) is 0 Å². The third-order valence-electron chi connectivity index (χ3n) is 3.35. The molecule has 21 heavy (non-hydrogen) atoms. The number of carbonyl (C=O) groups excluding carboxylic acids is 1. The van der Waals surface area contributed by atoms with Gasteiger partial charge in [0.05, 0.1) is 11.7 Å². The lowest BCUT2D eigenvalue weighted by Crippen LogP contribution is -2.14. The molecule has 0 saturated heterocycles. The number of benzene rings is 2. The summed E-state index contributed by atoms with van der Waals surface area (Å²) in [4.78, 5) is 12.9. The van der Waals surface area contributed by atoms with E-state index in [1.54, 1.807) is 12.1 Å². The normalized spacial score (nSPS) is 10.7. The highest BCUT2D eigenvalue weighted by molar-refractivity contribution is 6.14. The van der Waals surface area contributed by atoms with E-state index in [9.17, 15) is 4.79 Å². The maximum Gasteiger partial charge on any atom is 0.199 e. The Balaban J connectivity index is 2.60. The molecule has 0 aliphatic heterocycles. The van der Waals surface area contributed by atoms with E-state index in [2.05, 4.69) is 0 Å². The fourth-order valence-electron chi connectivity index (χ4n) is 2.29. The van der Waals surface area contributed by atoms with Crippen LogP contribution >= 0.6 is 0 Å². The van der Waals surface area contributed by atoms with Crippen LogP contribution in [0.1, 0.15) is 40.9 Å². The maximum atomic E-state index is 12.9. The average molecular weight is 283 g/mol. The van der Waals surface area contributed by atoms with Crippen molar-refractivity contribution in [2.75, 3.05) is 5.73 Å². The van der Waals surface area contributed by atoms with Crippen molar-refractivity contribution in [2.24, 2.45) is 0 Å². The first-order valence-electron chi connectivity index (χ1n) is 7.08. The standard InChI is InChI=1S/C18H21NO2/c1-11(2)21-18-13(4)10-9-12(3)16(18)17(20)14-7-5-6-8-15(14)19/h5-11H,19H2,1-4H3. The summed E-state index contributed by atoms with van der Waals surface area (Å²) in [5, 5.41) is 0. The second kappa shape index (κ2) is 6.00. The predicted molar refractivity (Wildman–Crippen MR) is 86.0 cm³/mol. The molecule has 0 fully saturated rings. The van der Waals surface area contributed by atoms with Crippen molar-refractivity contribution in [2.45, 2.75) is 33.8 Å². The quantitative estimate of drug-likeness (QED) is 0.684. The van der Waals surface area contributed by atoms with Crippen LogP contribution in [0.2, 0.25) is 0 Å². The number of ketones is 1. The zero-order valence-electron chi connectivity index (χ0n) is 12.9. The highest BCUT2D eigenvalue weighted by Gasteiger charge is 2.21. The minimum absolute atomic E-state index is 0.00479. The predicted octanol–water partition coefficient (Wildman–Crippen LogP) is 3.90. The summed E-state index contributed by atoms with van der Waals surface area (Å²) < 4.78 is 5.88. The van der Waals surface area contributed by atoms with E-state index in [0.29, 0.717) is 22.6 Å². The first-order chi connectivity index (χ1) is 9.91. The first kappa shape index (κ1) is 15.1. The maximum absolute atomic E-state index is 12.9. The SMILES string of the molecule is Cc1ccc(C)c(C(=O)c2ccccc2N)c1OC(C)C. The van der Waals surface area contributed by atoms with Gasteiger partial charge < -0.3 is 10.5 Å². The molecule has 2 aromatic rings. The van der Waals surface area contributed by atoms with Crippen LogP contribution in [0.25, 0.3) is 0 Å². The Hall–Kier alpha value is -2.29. The molecule has 3 heteroatoms. The van der Waals surface area contributed by atoms with Gasteiger partial charge in [-0.3, -0.25) is 4.79 Å². The zero-order valence-corrected chi connectivity index (χ0v) is 12.9. The van der Waals surface area contributed by atoms with E-state index in [1.807, 2.05) is 52.0 Å². The van der Waals surface area contributed by atoms with E-state index in [4.69, 9.17) is 10.5 Å². The van der Waals surface area contributed by atoms with Gasteiger partial charge in [-0.15, -0.1) is 0 Å². The van der Waals surface area contributed by atoms with Crippen molar-refractivity contribution in [3.8, 4) is 5.75 Å². The summed E-state index contributed by atoms with van der Waals surface area (Å²) >= 11 is 0. The van der Waals surface area contributed by atoms with Gasteiger partial charge >= 0.3 is 0 Å². The molecule has 0 unspecified atom stereocenters. The van der Waals surface area contributed by atoms with Crippen LogP contribution in [0.15, 0.2) is 36.4 Å². The van der Waals surface area contributed by atoms with Gasteiger partial charge in [0, 0.05) is 11.3 Å². The average Bonchev–Trinajstić information content (AvgIpc) is 2.42. The van der Waals surface area contributed by atoms with Crippen molar-refractivity contribution in [1.82, 2.24) is 0 Å². The van der Waals surface area contributed by atoms with Gasteiger partial charge in [0.15, 0.2) is 5.78 Å². The minimum atomic E-state index is -0.0926. The number of hydrogen-bond donors (Lipinski definition) is 1. The van der Waals surface area contributed by atoms with E-state index in [1.165, 1.54) is 0 Å². The number of para-hydroxylation sites is 1. The molecule has 0 saturated carbocycles. The lowest BCUT2D eigenvalue weighted by molar-refractivity contribution is 0.103. The van der Waals surface area contributed by atoms with Crippen LogP contribution in [0.5, 0.6) is 5.75 Å². The molecule has 0 bridgehead atoms. The van der Waals surface area contributed by atoms with Crippen LogP contribution in [0.4, 0.5) is 5.69 Å². The van der Waals surface area contributed by atoms with E-state index >= 15 is 0 Å². The molecular weight excluding hydrogens is 262 g/mol. The number of carbonyl (C=O) groups is 1. The summed E-state index contributed by atoms with van der Waals surface area (Å²) in [6.07, 6.45) is 0.00479. The third-order valence-corrected chi connectivity index (χ3v) is 3.35. The molecule has 110 valence electrons. The van der Waals surface area contributed by atoms with Crippen LogP contribution in [-0.4, -0.2) is 11.9 Å². The lowest BCUT2D eigenvalue weighted by atomic mass is 9.95. The number of nitrogen functional groups attached to an aromatic ring is 1. The number of hydrogen-bond acceptors (Lipinski definition) is 3. The monoisotopic (exact) mass is 283 g/mol. The molecule has 0 aliphatic rings. The molecular formula is C18H21NO2. The molecule has 0 radical (unpaired) electrons. The summed E-state index contributed by atoms with van der Waals surface area (Å²) in [6, 6.07) is 11.0. The van der Waals surface area contributed by atoms with Gasteiger partial charge in [-0.2, -0.15) is 0 Å². The van der Waals surface area contributed by atoms with Crippen molar-refractivity contribution < 1.29 is 9.53 Å². The Morgan fingerprint density at radius 2 is 1.67 bits per heavy atom. The molecule has 0 aliphatic carbocycles. The highest BCUT2D eigenvalue weighted by atomic mass is 16.5. The van der Waals surface area contributed by atoms with Crippen molar-refractivity contribution in [1.29, 1.82) is 0 Å². The molecule has 0 spiro atoms. The second-order valence-electron chi connectivity index (χ2n) is 5.49. The molecule has 2 N–H and O–H groups in total. The second-order valence-corrected chi connectivity index (χ2v) is 5.49. The van der Waals surface area contributed by atoms with E-state index in [0.717, 1.165) is 11.1 Å². The Bertz CT molecular complexity index is 675. The third kappa shape index (κ3) is 3.07. The van der Waals surface area contributed by atoms with Gasteiger partial charge in [0.1, 0.15) is 5.75 Å². The number of nitrogens with two attached hydrogens (primary N) is 1. The molecule has 0 atom stereocenters. The van der Waals surface area contributed by atoms with Crippen molar-refractivity contribution in [3.05, 3.63) is 58.7 Å². The summed E-state index contributed by atoms with van der Waals surface area (Å²) in [7, 11) is 0. The van der Waals surface area contributed by atoms with Gasteiger partial charge in [-0.1, -0.05) is 24.3 Å². The van der Waals surface area contributed by atoms with Crippen molar-refractivity contribution >= 4 is 11.5 Å². The van der Waals surface area contributed by atoms with Crippen LogP contribution in [0, 0.1) is 13.8 Å². The molecule has 2 rings (SSSR count). The van der Waals surface area contributed by atoms with Crippen molar-refractivity contribution in [3.63, 3.8) is 0 Å². The number of anilines is 1. The van der Waals surface area contributed by atoms with E-state index < -0.39 is 0 Å². The fourth-order valence-corrected chi connectivity index (χ4v) is 2.29. The molecule has 0 aromatic heterocycles. The zero-order chi connectivity index (χ0) is 15.6. The van der Waals surface area contributed by atoms with Crippen LogP contribution in [-0.2, 0) is 0 Å². The molecule has 0 amide bonds. The molecule has 0 heterocycles. The van der Waals surface area contributed by atoms with Gasteiger partial charge in [-0.25, -0.2) is 0 Å². The first-order valence-corrected chi connectivity index (χ1v) is 7.08. The smallest absolute Gasteiger partial charge is 0.199 e. The molecule has 2 aromatic carbocycles. The Morgan fingerprint density at radius 1 is 1.05 bits per heavy atom. The lowest BCUT2D eigenvalue weighted by Gasteiger charge is -2.18. The summed E-state index contributed by atoms with van der Waals surface area (Å²) in [5.74, 6) is 0.559. The largest absolute Gasteiger partial charge is 0.490 e. The van der Waals surface area contributed by atoms with Gasteiger partial charge in [0.2, 0.25) is 0 Å². The fraction of sp³-hybridized carbons (Fsp3) is 0.278.